The minimum absolute atomic E-state index is 0.352. The maximum absolute atomic E-state index is 5.72. The molecule has 0 heterocycles. The van der Waals surface area contributed by atoms with E-state index in [9.17, 15) is 0 Å². The van der Waals surface area contributed by atoms with E-state index in [0.29, 0.717) is 22.8 Å². The number of halogens is 1. The highest BCUT2D eigenvalue weighted by atomic mass is 35.5. The zero-order valence-electron chi connectivity index (χ0n) is 7.63. The third-order valence-electron chi connectivity index (χ3n) is 1.75. The van der Waals surface area contributed by atoms with Gasteiger partial charge in [-0.05, 0) is 12.1 Å². The van der Waals surface area contributed by atoms with E-state index in [1.807, 2.05) is 6.07 Å². The molecule has 0 aromatic heterocycles. The molecule has 0 bridgehead atoms. The molecule has 1 rings (SSSR count). The lowest BCUT2D eigenvalue weighted by Gasteiger charge is -2.11. The monoisotopic (exact) mass is 196 g/mol. The number of benzene rings is 1. The standard InChI is InChI=1S/C9H10BClO2/c1-12-7-3-6(5-11)9(13-2)8(10)4-7/h3-4H,5H2,1-2H3. The van der Waals surface area contributed by atoms with E-state index in [2.05, 4.69) is 0 Å². The molecule has 0 fully saturated rings. The molecule has 0 N–H and O–H groups in total. The molecular formula is C9H10BClO2. The topological polar surface area (TPSA) is 18.5 Å². The maximum Gasteiger partial charge on any atom is 0.119 e. The van der Waals surface area contributed by atoms with Gasteiger partial charge in [0.2, 0.25) is 0 Å². The van der Waals surface area contributed by atoms with Gasteiger partial charge in [-0.3, -0.25) is 0 Å². The lowest BCUT2D eigenvalue weighted by atomic mass is 9.92. The first kappa shape index (κ1) is 10.3. The van der Waals surface area contributed by atoms with Gasteiger partial charge in [0.15, 0.2) is 0 Å². The number of alkyl halides is 1. The van der Waals surface area contributed by atoms with Gasteiger partial charge in [-0.25, -0.2) is 0 Å². The molecule has 0 spiro atoms. The summed E-state index contributed by atoms with van der Waals surface area (Å²) < 4.78 is 10.1. The smallest absolute Gasteiger partial charge is 0.119 e. The normalized spacial score (nSPS) is 9.77. The molecule has 2 radical (unpaired) electrons. The van der Waals surface area contributed by atoms with E-state index in [1.54, 1.807) is 20.3 Å². The van der Waals surface area contributed by atoms with E-state index in [-0.39, 0.29) is 0 Å². The molecule has 0 unspecified atom stereocenters. The van der Waals surface area contributed by atoms with Crippen LogP contribution in [0, 0.1) is 0 Å². The van der Waals surface area contributed by atoms with Crippen LogP contribution in [0.5, 0.6) is 11.5 Å². The molecular weight excluding hydrogens is 186 g/mol. The fraction of sp³-hybridized carbons (Fsp3) is 0.333. The van der Waals surface area contributed by atoms with Crippen LogP contribution in [0.2, 0.25) is 0 Å². The van der Waals surface area contributed by atoms with Crippen LogP contribution >= 0.6 is 11.6 Å². The van der Waals surface area contributed by atoms with Gasteiger partial charge >= 0.3 is 0 Å². The Kier molecular flexibility index (Phi) is 3.49. The van der Waals surface area contributed by atoms with Gasteiger partial charge in [-0.2, -0.15) is 0 Å². The second-order valence-electron chi connectivity index (χ2n) is 2.54. The van der Waals surface area contributed by atoms with Crippen molar-refractivity contribution in [2.24, 2.45) is 0 Å². The SMILES string of the molecule is [B]c1cc(OC)cc(CCl)c1OC. The highest BCUT2D eigenvalue weighted by molar-refractivity contribution is 6.34. The van der Waals surface area contributed by atoms with Crippen molar-refractivity contribution in [2.45, 2.75) is 5.88 Å². The van der Waals surface area contributed by atoms with E-state index in [4.69, 9.17) is 28.9 Å². The van der Waals surface area contributed by atoms with Crippen molar-refractivity contribution in [1.82, 2.24) is 0 Å². The summed E-state index contributed by atoms with van der Waals surface area (Å²) in [5, 5.41) is 0. The second kappa shape index (κ2) is 4.42. The molecule has 0 amide bonds. The zero-order valence-corrected chi connectivity index (χ0v) is 8.39. The summed E-state index contributed by atoms with van der Waals surface area (Å²) in [6, 6.07) is 3.51. The van der Waals surface area contributed by atoms with Gasteiger partial charge < -0.3 is 9.47 Å². The lowest BCUT2D eigenvalue weighted by Crippen LogP contribution is -2.10. The number of hydrogen-bond donors (Lipinski definition) is 0. The van der Waals surface area contributed by atoms with Crippen molar-refractivity contribution in [3.63, 3.8) is 0 Å². The Morgan fingerprint density at radius 1 is 1.31 bits per heavy atom. The summed E-state index contributed by atoms with van der Waals surface area (Å²) in [5.41, 5.74) is 1.37. The van der Waals surface area contributed by atoms with Gasteiger partial charge in [0.1, 0.15) is 19.3 Å². The highest BCUT2D eigenvalue weighted by Gasteiger charge is 2.07. The van der Waals surface area contributed by atoms with E-state index in [0.717, 1.165) is 5.56 Å². The molecule has 2 nitrogen and oxygen atoms in total. The minimum atomic E-state index is 0.352. The van der Waals surface area contributed by atoms with Crippen molar-refractivity contribution < 1.29 is 9.47 Å². The van der Waals surface area contributed by atoms with Crippen molar-refractivity contribution in [2.75, 3.05) is 14.2 Å². The number of methoxy groups -OCH3 is 2. The summed E-state index contributed by atoms with van der Waals surface area (Å²) in [7, 11) is 8.87. The summed E-state index contributed by atoms with van der Waals surface area (Å²) in [6.45, 7) is 0. The highest BCUT2D eigenvalue weighted by Crippen LogP contribution is 2.22. The quantitative estimate of drug-likeness (QED) is 0.535. The first-order valence-electron chi connectivity index (χ1n) is 3.79. The molecule has 68 valence electrons. The number of ether oxygens (including phenoxy) is 2. The molecule has 1 aromatic rings. The van der Waals surface area contributed by atoms with Crippen LogP contribution < -0.4 is 14.9 Å². The van der Waals surface area contributed by atoms with Crippen LogP contribution in [0.3, 0.4) is 0 Å². The maximum atomic E-state index is 5.72. The predicted molar refractivity (Wildman–Crippen MR) is 54.5 cm³/mol. The average Bonchev–Trinajstić information content (AvgIpc) is 2.16. The number of rotatable bonds is 3. The Labute approximate surface area is 84.2 Å². The van der Waals surface area contributed by atoms with Crippen LogP contribution in [0.1, 0.15) is 5.56 Å². The van der Waals surface area contributed by atoms with Crippen LogP contribution in [-0.4, -0.2) is 22.1 Å². The molecule has 1 aromatic carbocycles. The zero-order chi connectivity index (χ0) is 9.84. The first-order chi connectivity index (χ1) is 6.22. The Morgan fingerprint density at radius 2 is 2.00 bits per heavy atom. The fourth-order valence-corrected chi connectivity index (χ4v) is 1.35. The van der Waals surface area contributed by atoms with E-state index < -0.39 is 0 Å². The Morgan fingerprint density at radius 3 is 2.46 bits per heavy atom. The van der Waals surface area contributed by atoms with Gasteiger partial charge in [-0.1, -0.05) is 5.46 Å². The Balaban J connectivity index is 3.20. The summed E-state index contributed by atoms with van der Waals surface area (Å²) >= 11 is 5.72. The summed E-state index contributed by atoms with van der Waals surface area (Å²) in [5.74, 6) is 1.66. The average molecular weight is 196 g/mol. The van der Waals surface area contributed by atoms with Crippen LogP contribution in [0.25, 0.3) is 0 Å². The minimum Gasteiger partial charge on any atom is -0.497 e. The van der Waals surface area contributed by atoms with Crippen LogP contribution in [0.4, 0.5) is 0 Å². The molecule has 4 heteroatoms. The molecule has 0 saturated heterocycles. The van der Waals surface area contributed by atoms with Gasteiger partial charge in [0.05, 0.1) is 20.1 Å². The summed E-state index contributed by atoms with van der Waals surface area (Å²) in [6.07, 6.45) is 0. The largest absolute Gasteiger partial charge is 0.497 e. The summed E-state index contributed by atoms with van der Waals surface area (Å²) in [4.78, 5) is 0. The molecule has 0 aliphatic rings. The Bertz CT molecular complexity index is 302. The van der Waals surface area contributed by atoms with Crippen LogP contribution in [-0.2, 0) is 5.88 Å². The molecule has 0 aliphatic carbocycles. The van der Waals surface area contributed by atoms with Crippen molar-refractivity contribution >= 4 is 24.9 Å². The molecule has 0 saturated carbocycles. The third-order valence-corrected chi connectivity index (χ3v) is 2.04. The van der Waals surface area contributed by atoms with Crippen molar-refractivity contribution in [3.05, 3.63) is 17.7 Å². The molecule has 0 atom stereocenters. The van der Waals surface area contributed by atoms with E-state index >= 15 is 0 Å². The Hall–Kier alpha value is -0.825. The van der Waals surface area contributed by atoms with E-state index in [1.165, 1.54) is 0 Å². The van der Waals surface area contributed by atoms with Gasteiger partial charge in [-0.15, -0.1) is 11.6 Å². The molecule has 13 heavy (non-hydrogen) atoms. The van der Waals surface area contributed by atoms with Crippen molar-refractivity contribution in [3.8, 4) is 11.5 Å². The third kappa shape index (κ3) is 2.10. The fourth-order valence-electron chi connectivity index (χ4n) is 1.15. The predicted octanol–water partition coefficient (Wildman–Crippen LogP) is 1.24. The second-order valence-corrected chi connectivity index (χ2v) is 2.81. The van der Waals surface area contributed by atoms with Gasteiger partial charge in [0, 0.05) is 5.56 Å². The van der Waals surface area contributed by atoms with Crippen molar-refractivity contribution in [1.29, 1.82) is 0 Å². The molecule has 0 aliphatic heterocycles. The number of hydrogen-bond acceptors (Lipinski definition) is 2. The van der Waals surface area contributed by atoms with Gasteiger partial charge in [0.25, 0.3) is 0 Å². The first-order valence-corrected chi connectivity index (χ1v) is 4.32. The lowest BCUT2D eigenvalue weighted by molar-refractivity contribution is 0.403. The van der Waals surface area contributed by atoms with Crippen LogP contribution in [0.15, 0.2) is 12.1 Å².